The summed E-state index contributed by atoms with van der Waals surface area (Å²) in [6.45, 7) is 0. The Morgan fingerprint density at radius 1 is 1.37 bits per heavy atom. The summed E-state index contributed by atoms with van der Waals surface area (Å²) >= 11 is 1.73. The van der Waals surface area contributed by atoms with Gasteiger partial charge in [-0.3, -0.25) is 0 Å². The molecule has 102 valence electrons. The lowest BCUT2D eigenvalue weighted by Crippen LogP contribution is -2.21. The summed E-state index contributed by atoms with van der Waals surface area (Å²) in [6, 6.07) is 4.22. The zero-order valence-corrected chi connectivity index (χ0v) is 12.0. The van der Waals surface area contributed by atoms with Crippen molar-refractivity contribution < 1.29 is 9.47 Å². The van der Waals surface area contributed by atoms with Crippen LogP contribution >= 0.6 is 11.3 Å². The predicted octanol–water partition coefficient (Wildman–Crippen LogP) is 2.06. The van der Waals surface area contributed by atoms with Gasteiger partial charge in [0.2, 0.25) is 11.8 Å². The van der Waals surface area contributed by atoms with Gasteiger partial charge in [-0.15, -0.1) is 11.3 Å². The summed E-state index contributed by atoms with van der Waals surface area (Å²) < 4.78 is 10.4. The molecule has 0 aliphatic carbocycles. The van der Waals surface area contributed by atoms with Crippen LogP contribution in [0.25, 0.3) is 0 Å². The van der Waals surface area contributed by atoms with Gasteiger partial charge in [0.25, 0.3) is 0 Å². The first-order valence-corrected chi connectivity index (χ1v) is 6.81. The van der Waals surface area contributed by atoms with Gasteiger partial charge < -0.3 is 14.8 Å². The Morgan fingerprint density at radius 2 is 2.21 bits per heavy atom. The van der Waals surface area contributed by atoms with Crippen molar-refractivity contribution in [2.45, 2.75) is 12.5 Å². The Kier molecular flexibility index (Phi) is 4.70. The second kappa shape index (κ2) is 6.49. The van der Waals surface area contributed by atoms with Crippen LogP contribution in [0.5, 0.6) is 11.8 Å². The van der Waals surface area contributed by atoms with E-state index >= 15 is 0 Å². The summed E-state index contributed by atoms with van der Waals surface area (Å²) in [5.41, 5.74) is 0.791. The first kappa shape index (κ1) is 13.8. The van der Waals surface area contributed by atoms with Gasteiger partial charge in [-0.2, -0.15) is 4.98 Å². The molecular formula is C13H17N3O2S. The van der Waals surface area contributed by atoms with Gasteiger partial charge in [-0.1, -0.05) is 6.07 Å². The lowest BCUT2D eigenvalue weighted by Gasteiger charge is -2.17. The van der Waals surface area contributed by atoms with Crippen LogP contribution in [0.1, 0.15) is 16.6 Å². The molecular weight excluding hydrogens is 262 g/mol. The standard InChI is InChI=1S/C13H17N3O2S/c1-14-10(7-9-5-4-6-19-9)12-13(18-3)16-11(17-2)8-15-12/h4-6,8,10,14H,7H2,1-3H3. The molecule has 1 unspecified atom stereocenters. The van der Waals surface area contributed by atoms with Crippen molar-refractivity contribution in [1.29, 1.82) is 0 Å². The van der Waals surface area contributed by atoms with Crippen molar-refractivity contribution in [3.8, 4) is 11.8 Å². The van der Waals surface area contributed by atoms with Crippen molar-refractivity contribution in [2.24, 2.45) is 0 Å². The number of nitrogens with zero attached hydrogens (tertiary/aromatic N) is 2. The Bertz CT molecular complexity index is 517. The number of likely N-dealkylation sites (N-methyl/N-ethyl adjacent to an activating group) is 1. The van der Waals surface area contributed by atoms with E-state index in [2.05, 4.69) is 26.7 Å². The summed E-state index contributed by atoms with van der Waals surface area (Å²) in [4.78, 5) is 9.96. The van der Waals surface area contributed by atoms with Gasteiger partial charge in [-0.25, -0.2) is 4.98 Å². The summed E-state index contributed by atoms with van der Waals surface area (Å²) in [5, 5.41) is 5.32. The third kappa shape index (κ3) is 3.21. The highest BCUT2D eigenvalue weighted by atomic mass is 32.1. The molecule has 2 rings (SSSR count). The van der Waals surface area contributed by atoms with E-state index in [1.807, 2.05) is 13.1 Å². The van der Waals surface area contributed by atoms with Crippen LogP contribution < -0.4 is 14.8 Å². The summed E-state index contributed by atoms with van der Waals surface area (Å²) in [7, 11) is 5.05. The lowest BCUT2D eigenvalue weighted by molar-refractivity contribution is 0.350. The minimum absolute atomic E-state index is 0.0620. The molecule has 0 aliphatic heterocycles. The smallest absolute Gasteiger partial charge is 0.240 e. The zero-order chi connectivity index (χ0) is 13.7. The van der Waals surface area contributed by atoms with Gasteiger partial charge in [-0.05, 0) is 18.5 Å². The highest BCUT2D eigenvalue weighted by Gasteiger charge is 2.19. The quantitative estimate of drug-likeness (QED) is 0.877. The van der Waals surface area contributed by atoms with E-state index in [0.717, 1.165) is 12.1 Å². The number of thiophene rings is 1. The molecule has 0 aliphatic rings. The van der Waals surface area contributed by atoms with E-state index in [9.17, 15) is 0 Å². The van der Waals surface area contributed by atoms with Crippen molar-refractivity contribution in [3.05, 3.63) is 34.3 Å². The molecule has 0 spiro atoms. The molecule has 2 aromatic heterocycles. The van der Waals surface area contributed by atoms with E-state index in [0.29, 0.717) is 11.8 Å². The van der Waals surface area contributed by atoms with Crippen LogP contribution in [-0.2, 0) is 6.42 Å². The van der Waals surface area contributed by atoms with E-state index < -0.39 is 0 Å². The predicted molar refractivity (Wildman–Crippen MR) is 75.0 cm³/mol. The Labute approximate surface area is 116 Å². The van der Waals surface area contributed by atoms with Gasteiger partial charge in [0.15, 0.2) is 0 Å². The summed E-state index contributed by atoms with van der Waals surface area (Å²) in [5.74, 6) is 0.946. The van der Waals surface area contributed by atoms with Crippen LogP contribution in [0.2, 0.25) is 0 Å². The second-order valence-corrected chi connectivity index (χ2v) is 4.96. The maximum atomic E-state index is 5.30. The van der Waals surface area contributed by atoms with Gasteiger partial charge in [0, 0.05) is 11.3 Å². The molecule has 1 N–H and O–H groups in total. The van der Waals surface area contributed by atoms with Crippen LogP contribution in [0.3, 0.4) is 0 Å². The van der Waals surface area contributed by atoms with Crippen molar-refractivity contribution in [2.75, 3.05) is 21.3 Å². The third-order valence-corrected chi connectivity index (χ3v) is 3.71. The maximum absolute atomic E-state index is 5.30. The molecule has 19 heavy (non-hydrogen) atoms. The Morgan fingerprint density at radius 3 is 2.79 bits per heavy atom. The normalized spacial score (nSPS) is 12.2. The lowest BCUT2D eigenvalue weighted by atomic mass is 10.1. The van der Waals surface area contributed by atoms with Crippen molar-refractivity contribution in [3.63, 3.8) is 0 Å². The minimum atomic E-state index is 0.0620. The Balaban J connectivity index is 2.26. The zero-order valence-electron chi connectivity index (χ0n) is 11.2. The molecule has 0 fully saturated rings. The van der Waals surface area contributed by atoms with Gasteiger partial charge >= 0.3 is 0 Å². The number of hydrogen-bond donors (Lipinski definition) is 1. The average Bonchev–Trinajstić information content (AvgIpc) is 2.97. The Hall–Kier alpha value is -1.66. The number of aromatic nitrogens is 2. The largest absolute Gasteiger partial charge is 0.480 e. The fourth-order valence-electron chi connectivity index (χ4n) is 1.82. The van der Waals surface area contributed by atoms with E-state index in [-0.39, 0.29) is 6.04 Å². The van der Waals surface area contributed by atoms with Crippen LogP contribution in [0, 0.1) is 0 Å². The van der Waals surface area contributed by atoms with E-state index in [4.69, 9.17) is 9.47 Å². The van der Waals surface area contributed by atoms with E-state index in [1.165, 1.54) is 4.88 Å². The second-order valence-electron chi connectivity index (χ2n) is 3.93. The van der Waals surface area contributed by atoms with Crippen LogP contribution in [0.4, 0.5) is 0 Å². The topological polar surface area (TPSA) is 56.3 Å². The molecule has 2 heterocycles. The molecule has 1 atom stereocenters. The monoisotopic (exact) mass is 279 g/mol. The minimum Gasteiger partial charge on any atom is -0.480 e. The van der Waals surface area contributed by atoms with Crippen molar-refractivity contribution >= 4 is 11.3 Å². The molecule has 0 saturated carbocycles. The molecule has 6 heteroatoms. The molecule has 5 nitrogen and oxygen atoms in total. The molecule has 0 bridgehead atoms. The van der Waals surface area contributed by atoms with Crippen molar-refractivity contribution in [1.82, 2.24) is 15.3 Å². The van der Waals surface area contributed by atoms with Crippen LogP contribution in [-0.4, -0.2) is 31.2 Å². The third-order valence-electron chi connectivity index (χ3n) is 2.81. The first-order chi connectivity index (χ1) is 9.28. The molecule has 0 aromatic carbocycles. The summed E-state index contributed by atoms with van der Waals surface area (Å²) in [6.07, 6.45) is 2.46. The van der Waals surface area contributed by atoms with Gasteiger partial charge in [0.05, 0.1) is 26.5 Å². The molecule has 0 radical (unpaired) electrons. The van der Waals surface area contributed by atoms with Crippen LogP contribution in [0.15, 0.2) is 23.7 Å². The molecule has 0 saturated heterocycles. The number of rotatable bonds is 6. The highest BCUT2D eigenvalue weighted by molar-refractivity contribution is 7.09. The molecule has 0 amide bonds. The number of hydrogen-bond acceptors (Lipinski definition) is 6. The number of ether oxygens (including phenoxy) is 2. The van der Waals surface area contributed by atoms with E-state index in [1.54, 1.807) is 31.8 Å². The number of nitrogens with one attached hydrogen (secondary N) is 1. The first-order valence-electron chi connectivity index (χ1n) is 5.93. The SMILES string of the molecule is CNC(Cc1cccs1)c1ncc(OC)nc1OC. The number of methoxy groups -OCH3 is 2. The average molecular weight is 279 g/mol. The fourth-order valence-corrected chi connectivity index (χ4v) is 2.57. The molecule has 2 aromatic rings. The van der Waals surface area contributed by atoms with Gasteiger partial charge in [0.1, 0.15) is 5.69 Å². The maximum Gasteiger partial charge on any atom is 0.240 e. The fraction of sp³-hybridized carbons (Fsp3) is 0.385. The highest BCUT2D eigenvalue weighted by Crippen LogP contribution is 2.26.